The second-order valence-corrected chi connectivity index (χ2v) is 7.51. The van der Waals surface area contributed by atoms with Gasteiger partial charge in [-0.25, -0.2) is 4.79 Å². The average Bonchev–Trinajstić information content (AvgIpc) is 2.71. The van der Waals surface area contributed by atoms with Crippen LogP contribution in [0.1, 0.15) is 29.2 Å². The molecule has 1 aliphatic heterocycles. The van der Waals surface area contributed by atoms with Gasteiger partial charge in [-0.15, -0.1) is 0 Å². The summed E-state index contributed by atoms with van der Waals surface area (Å²) in [5.74, 6) is -0.203. The Morgan fingerprint density at radius 1 is 1.07 bits per heavy atom. The molecule has 2 aromatic rings. The molecule has 1 saturated heterocycles. The summed E-state index contributed by atoms with van der Waals surface area (Å²) in [7, 11) is 0. The molecule has 1 N–H and O–H groups in total. The predicted molar refractivity (Wildman–Crippen MR) is 111 cm³/mol. The van der Waals surface area contributed by atoms with Gasteiger partial charge in [-0.1, -0.05) is 23.8 Å². The third-order valence-electron chi connectivity index (χ3n) is 5.36. The van der Waals surface area contributed by atoms with Gasteiger partial charge in [0.15, 0.2) is 5.75 Å². The Balaban J connectivity index is 1.67. The number of carbonyl (C=O) groups is 1. The van der Waals surface area contributed by atoms with Gasteiger partial charge in [0.25, 0.3) is 5.56 Å². The Kier molecular flexibility index (Phi) is 6.59. The van der Waals surface area contributed by atoms with Gasteiger partial charge in [-0.2, -0.15) is 0 Å². The van der Waals surface area contributed by atoms with E-state index in [2.05, 4.69) is 11.0 Å². The monoisotopic (exact) mass is 399 g/mol. The van der Waals surface area contributed by atoms with E-state index in [1.54, 1.807) is 28.7 Å². The maximum Gasteiger partial charge on any atom is 0.409 e. The fourth-order valence-corrected chi connectivity index (χ4v) is 3.55. The van der Waals surface area contributed by atoms with E-state index in [-0.39, 0.29) is 17.4 Å². The third kappa shape index (κ3) is 4.98. The number of amides is 1. The summed E-state index contributed by atoms with van der Waals surface area (Å²) in [5, 5.41) is 10.5. The van der Waals surface area contributed by atoms with Crippen molar-refractivity contribution in [1.29, 1.82) is 0 Å². The molecule has 1 aliphatic rings. The lowest BCUT2D eigenvalue weighted by molar-refractivity contribution is 0.0776. The van der Waals surface area contributed by atoms with Crippen LogP contribution in [-0.4, -0.2) is 58.4 Å². The molecule has 156 valence electrons. The molecule has 3 rings (SSSR count). The Morgan fingerprint density at radius 2 is 1.79 bits per heavy atom. The zero-order valence-corrected chi connectivity index (χ0v) is 17.4. The van der Waals surface area contributed by atoms with Crippen molar-refractivity contribution < 1.29 is 14.6 Å². The average molecular weight is 399 g/mol. The molecule has 0 saturated carbocycles. The lowest BCUT2D eigenvalue weighted by Crippen LogP contribution is -2.48. The van der Waals surface area contributed by atoms with Gasteiger partial charge < -0.3 is 19.3 Å². The molecule has 7 heteroatoms. The summed E-state index contributed by atoms with van der Waals surface area (Å²) in [5.41, 5.74) is 3.55. The van der Waals surface area contributed by atoms with Gasteiger partial charge in [0.1, 0.15) is 0 Å². The number of aryl methyl sites for hydroxylation is 2. The van der Waals surface area contributed by atoms with Gasteiger partial charge in [0.05, 0.1) is 13.2 Å². The summed E-state index contributed by atoms with van der Waals surface area (Å²) in [6.07, 6.45) is 1.46. The number of aromatic nitrogens is 1. The number of ether oxygens (including phenoxy) is 1. The minimum absolute atomic E-state index is 0.203. The van der Waals surface area contributed by atoms with Crippen LogP contribution in [0.5, 0.6) is 5.75 Å². The molecule has 1 amide bonds. The van der Waals surface area contributed by atoms with Crippen LogP contribution in [0.3, 0.4) is 0 Å². The molecule has 7 nitrogen and oxygen atoms in total. The highest BCUT2D eigenvalue weighted by atomic mass is 16.6. The van der Waals surface area contributed by atoms with Crippen LogP contribution in [0.15, 0.2) is 35.3 Å². The molecule has 29 heavy (non-hydrogen) atoms. The van der Waals surface area contributed by atoms with Crippen molar-refractivity contribution in [3.05, 3.63) is 63.1 Å². The lowest BCUT2D eigenvalue weighted by Gasteiger charge is -2.34. The smallest absolute Gasteiger partial charge is 0.409 e. The molecule has 2 heterocycles. The molecule has 0 bridgehead atoms. The second kappa shape index (κ2) is 9.13. The first kappa shape index (κ1) is 20.9. The summed E-state index contributed by atoms with van der Waals surface area (Å²) >= 11 is 0. The standard InChI is InChI=1S/C22H29N3O4/c1-4-29-22(28)24-11-9-23(10-12-24)14-18-7-8-25(21(27)20(18)26)15-19-13-16(2)5-6-17(19)3/h5-8,13,26H,4,9-12,14-15H2,1-3H3. The molecule has 0 radical (unpaired) electrons. The van der Waals surface area contributed by atoms with Crippen molar-refractivity contribution in [2.24, 2.45) is 0 Å². The van der Waals surface area contributed by atoms with Crippen LogP contribution >= 0.6 is 0 Å². The summed E-state index contributed by atoms with van der Waals surface area (Å²) in [6, 6.07) is 7.96. The van der Waals surface area contributed by atoms with Crippen molar-refractivity contribution in [1.82, 2.24) is 14.4 Å². The lowest BCUT2D eigenvalue weighted by atomic mass is 10.1. The van der Waals surface area contributed by atoms with Crippen LogP contribution in [0, 0.1) is 13.8 Å². The number of aromatic hydroxyl groups is 1. The molecular formula is C22H29N3O4. The Bertz CT molecular complexity index is 930. The quantitative estimate of drug-likeness (QED) is 0.836. The van der Waals surface area contributed by atoms with Crippen LogP contribution < -0.4 is 5.56 Å². The van der Waals surface area contributed by atoms with Crippen LogP contribution in [0.4, 0.5) is 4.79 Å². The van der Waals surface area contributed by atoms with Crippen LogP contribution in [-0.2, 0) is 17.8 Å². The first-order valence-electron chi connectivity index (χ1n) is 10.0. The Morgan fingerprint density at radius 3 is 2.48 bits per heavy atom. The highest BCUT2D eigenvalue weighted by molar-refractivity contribution is 5.67. The number of rotatable bonds is 5. The van der Waals surface area contributed by atoms with Crippen molar-refractivity contribution in [3.63, 3.8) is 0 Å². The molecule has 0 atom stereocenters. The maximum absolute atomic E-state index is 12.7. The second-order valence-electron chi connectivity index (χ2n) is 7.51. The normalized spacial score (nSPS) is 14.8. The minimum atomic E-state index is -0.381. The first-order valence-corrected chi connectivity index (χ1v) is 10.0. The zero-order chi connectivity index (χ0) is 21.0. The van der Waals surface area contributed by atoms with E-state index in [1.165, 1.54) is 0 Å². The van der Waals surface area contributed by atoms with Crippen molar-refractivity contribution in [3.8, 4) is 5.75 Å². The number of hydrogen-bond donors (Lipinski definition) is 1. The number of carbonyl (C=O) groups excluding carboxylic acids is 1. The molecule has 0 unspecified atom stereocenters. The van der Waals surface area contributed by atoms with E-state index in [4.69, 9.17) is 4.74 Å². The number of nitrogens with zero attached hydrogens (tertiary/aromatic N) is 3. The summed E-state index contributed by atoms with van der Waals surface area (Å²) in [6.45, 7) is 9.59. The minimum Gasteiger partial charge on any atom is -0.503 e. The van der Waals surface area contributed by atoms with Crippen LogP contribution in [0.25, 0.3) is 0 Å². The maximum atomic E-state index is 12.7. The highest BCUT2D eigenvalue weighted by Gasteiger charge is 2.23. The Labute approximate surface area is 171 Å². The fraction of sp³-hybridized carbons (Fsp3) is 0.455. The molecule has 0 aliphatic carbocycles. The van der Waals surface area contributed by atoms with Gasteiger partial charge >= 0.3 is 6.09 Å². The first-order chi connectivity index (χ1) is 13.9. The van der Waals surface area contributed by atoms with Crippen molar-refractivity contribution in [2.75, 3.05) is 32.8 Å². The predicted octanol–water partition coefficient (Wildman–Crippen LogP) is 2.49. The molecule has 1 aromatic heterocycles. The number of piperazine rings is 1. The van der Waals surface area contributed by atoms with Gasteiger partial charge in [-0.05, 0) is 38.0 Å². The van der Waals surface area contributed by atoms with Gasteiger partial charge in [0.2, 0.25) is 0 Å². The van der Waals surface area contributed by atoms with E-state index in [0.717, 1.165) is 16.7 Å². The topological polar surface area (TPSA) is 75.0 Å². The molecule has 1 fully saturated rings. The third-order valence-corrected chi connectivity index (χ3v) is 5.36. The Hall–Kier alpha value is -2.80. The molecule has 0 spiro atoms. The summed E-state index contributed by atoms with van der Waals surface area (Å²) in [4.78, 5) is 28.3. The highest BCUT2D eigenvalue weighted by Crippen LogP contribution is 2.17. The summed E-state index contributed by atoms with van der Waals surface area (Å²) < 4.78 is 6.57. The van der Waals surface area contributed by atoms with Gasteiger partial charge in [0, 0.05) is 44.5 Å². The molecular weight excluding hydrogens is 370 g/mol. The van der Waals surface area contributed by atoms with E-state index < -0.39 is 0 Å². The van der Waals surface area contributed by atoms with E-state index in [9.17, 15) is 14.7 Å². The van der Waals surface area contributed by atoms with E-state index >= 15 is 0 Å². The fourth-order valence-electron chi connectivity index (χ4n) is 3.55. The van der Waals surface area contributed by atoms with E-state index in [1.807, 2.05) is 26.0 Å². The number of hydrogen-bond acceptors (Lipinski definition) is 5. The van der Waals surface area contributed by atoms with Crippen molar-refractivity contribution >= 4 is 6.09 Å². The van der Waals surface area contributed by atoms with Crippen molar-refractivity contribution in [2.45, 2.75) is 33.9 Å². The van der Waals surface area contributed by atoms with Crippen LogP contribution in [0.2, 0.25) is 0 Å². The van der Waals surface area contributed by atoms with E-state index in [0.29, 0.717) is 51.4 Å². The zero-order valence-electron chi connectivity index (χ0n) is 17.4. The van der Waals surface area contributed by atoms with Gasteiger partial charge in [-0.3, -0.25) is 9.69 Å². The SMILES string of the molecule is CCOC(=O)N1CCN(Cc2ccn(Cc3cc(C)ccc3C)c(=O)c2O)CC1. The number of benzene rings is 1. The molecule has 1 aromatic carbocycles. The largest absolute Gasteiger partial charge is 0.503 e. The number of pyridine rings is 1.